The van der Waals surface area contributed by atoms with Gasteiger partial charge in [-0.05, 0) is 6.92 Å². The van der Waals surface area contributed by atoms with Crippen LogP contribution in [0.3, 0.4) is 0 Å². The number of methoxy groups -OCH3 is 1. The molecule has 2 N–H and O–H groups in total. The molecule has 0 fully saturated rings. The molecule has 1 rings (SSSR count). The van der Waals surface area contributed by atoms with E-state index in [1.54, 1.807) is 0 Å². The number of ether oxygens (including phenoxy) is 1. The molecule has 1 unspecified atom stereocenters. The number of halogens is 2. The first-order valence-electron chi connectivity index (χ1n) is 4.30. The molecule has 0 bridgehead atoms. The summed E-state index contributed by atoms with van der Waals surface area (Å²) in [4.78, 5) is 11.3. The second-order valence-corrected chi connectivity index (χ2v) is 3.12. The van der Waals surface area contributed by atoms with Crippen molar-refractivity contribution in [3.8, 4) is 5.75 Å². The fourth-order valence-corrected chi connectivity index (χ4v) is 1.13. The van der Waals surface area contributed by atoms with Crippen LogP contribution in [0.25, 0.3) is 0 Å². The van der Waals surface area contributed by atoms with Crippen LogP contribution in [0.4, 0.5) is 8.78 Å². The zero-order chi connectivity index (χ0) is 11.6. The van der Waals surface area contributed by atoms with Crippen LogP contribution in [-0.2, 0) is 0 Å². The van der Waals surface area contributed by atoms with E-state index >= 15 is 0 Å². The minimum absolute atomic E-state index is 0.0197. The lowest BCUT2D eigenvalue weighted by Crippen LogP contribution is -2.28. The van der Waals surface area contributed by atoms with Crippen LogP contribution in [0.5, 0.6) is 5.75 Å². The second-order valence-electron chi connectivity index (χ2n) is 3.12. The maximum absolute atomic E-state index is 13.3. The van der Waals surface area contributed by atoms with E-state index in [4.69, 9.17) is 5.73 Å². The molecule has 0 spiro atoms. The van der Waals surface area contributed by atoms with E-state index in [0.29, 0.717) is 0 Å². The molecule has 1 aromatic carbocycles. The number of nitrogens with two attached hydrogens (primary N) is 1. The highest BCUT2D eigenvalue weighted by Crippen LogP contribution is 2.21. The molecule has 0 saturated heterocycles. The Morgan fingerprint density at radius 3 is 2.20 bits per heavy atom. The van der Waals surface area contributed by atoms with Crippen molar-refractivity contribution < 1.29 is 18.3 Å². The molecule has 1 atom stereocenters. The van der Waals surface area contributed by atoms with E-state index in [1.165, 1.54) is 14.0 Å². The van der Waals surface area contributed by atoms with Gasteiger partial charge in [0.25, 0.3) is 0 Å². The van der Waals surface area contributed by atoms with Crippen molar-refractivity contribution in [2.45, 2.75) is 13.0 Å². The van der Waals surface area contributed by atoms with E-state index < -0.39 is 29.0 Å². The average molecular weight is 215 g/mol. The number of ketones is 1. The van der Waals surface area contributed by atoms with E-state index in [9.17, 15) is 13.6 Å². The predicted molar refractivity (Wildman–Crippen MR) is 50.9 cm³/mol. The zero-order valence-corrected chi connectivity index (χ0v) is 8.38. The van der Waals surface area contributed by atoms with E-state index in [0.717, 1.165) is 12.1 Å². The van der Waals surface area contributed by atoms with Gasteiger partial charge in [-0.15, -0.1) is 0 Å². The smallest absolute Gasteiger partial charge is 0.185 e. The SMILES string of the molecule is COc1cc(F)c(C(=O)C(C)N)c(F)c1. The Balaban J connectivity index is 3.25. The lowest BCUT2D eigenvalue weighted by molar-refractivity contribution is 0.0959. The third kappa shape index (κ3) is 2.30. The molecular formula is C10H11F2NO2. The molecule has 3 nitrogen and oxygen atoms in total. The summed E-state index contributed by atoms with van der Waals surface area (Å²) in [7, 11) is 1.28. The summed E-state index contributed by atoms with van der Waals surface area (Å²) >= 11 is 0. The minimum atomic E-state index is -0.964. The topological polar surface area (TPSA) is 52.3 Å². The molecule has 0 heterocycles. The number of hydrogen-bond acceptors (Lipinski definition) is 3. The molecule has 0 aliphatic rings. The predicted octanol–water partition coefficient (Wildman–Crippen LogP) is 1.50. The lowest BCUT2D eigenvalue weighted by Gasteiger charge is -2.08. The maximum atomic E-state index is 13.3. The molecule has 0 amide bonds. The summed E-state index contributed by atoms with van der Waals surface area (Å²) in [5.41, 5.74) is 4.64. The van der Waals surface area contributed by atoms with E-state index in [-0.39, 0.29) is 5.75 Å². The fraction of sp³-hybridized carbons (Fsp3) is 0.300. The Labute approximate surface area is 85.8 Å². The van der Waals surface area contributed by atoms with Gasteiger partial charge in [-0.1, -0.05) is 0 Å². The Kier molecular flexibility index (Phi) is 3.36. The minimum Gasteiger partial charge on any atom is -0.497 e. The molecule has 0 aliphatic heterocycles. The van der Waals surface area contributed by atoms with Crippen LogP contribution in [0.1, 0.15) is 17.3 Å². The molecule has 82 valence electrons. The Hall–Kier alpha value is -1.49. The maximum Gasteiger partial charge on any atom is 0.185 e. The summed E-state index contributed by atoms with van der Waals surface area (Å²) in [5, 5.41) is 0. The number of carbonyl (C=O) groups excluding carboxylic acids is 1. The van der Waals surface area contributed by atoms with Gasteiger partial charge < -0.3 is 10.5 Å². The number of Topliss-reactive ketones (excluding diaryl/α,β-unsaturated/α-hetero) is 1. The highest BCUT2D eigenvalue weighted by Gasteiger charge is 2.21. The van der Waals surface area contributed by atoms with Crippen molar-refractivity contribution in [1.82, 2.24) is 0 Å². The van der Waals surface area contributed by atoms with Crippen LogP contribution < -0.4 is 10.5 Å². The first-order chi connectivity index (χ1) is 6.97. The van der Waals surface area contributed by atoms with Gasteiger partial charge in [0.1, 0.15) is 17.4 Å². The van der Waals surface area contributed by atoms with Gasteiger partial charge in [-0.3, -0.25) is 4.79 Å². The molecule has 1 aromatic rings. The quantitative estimate of drug-likeness (QED) is 0.777. The van der Waals surface area contributed by atoms with Crippen molar-refractivity contribution in [2.24, 2.45) is 5.73 Å². The van der Waals surface area contributed by atoms with Gasteiger partial charge in [0.15, 0.2) is 5.78 Å². The molecule has 0 radical (unpaired) electrons. The summed E-state index contributed by atoms with van der Waals surface area (Å²) in [6.07, 6.45) is 0. The molecule has 0 saturated carbocycles. The van der Waals surface area contributed by atoms with Crippen LogP contribution in [0.2, 0.25) is 0 Å². The van der Waals surface area contributed by atoms with Crippen LogP contribution in [-0.4, -0.2) is 18.9 Å². The first-order valence-corrected chi connectivity index (χ1v) is 4.30. The van der Waals surface area contributed by atoms with Gasteiger partial charge >= 0.3 is 0 Å². The molecule has 0 aliphatic carbocycles. The highest BCUT2D eigenvalue weighted by atomic mass is 19.1. The van der Waals surface area contributed by atoms with Gasteiger partial charge in [0.05, 0.1) is 18.7 Å². The fourth-order valence-electron chi connectivity index (χ4n) is 1.13. The Morgan fingerprint density at radius 2 is 1.87 bits per heavy atom. The van der Waals surface area contributed by atoms with Crippen LogP contribution >= 0.6 is 0 Å². The van der Waals surface area contributed by atoms with Crippen molar-refractivity contribution in [2.75, 3.05) is 7.11 Å². The van der Waals surface area contributed by atoms with E-state index in [2.05, 4.69) is 4.74 Å². The third-order valence-corrected chi connectivity index (χ3v) is 1.91. The normalized spacial score (nSPS) is 12.3. The molecule has 0 aromatic heterocycles. The summed E-state index contributed by atoms with van der Waals surface area (Å²) in [6.45, 7) is 1.37. The Bertz CT molecular complexity index is 368. The monoisotopic (exact) mass is 215 g/mol. The summed E-state index contributed by atoms with van der Waals surface area (Å²) < 4.78 is 31.3. The first kappa shape index (κ1) is 11.6. The van der Waals surface area contributed by atoms with Crippen LogP contribution in [0, 0.1) is 11.6 Å². The average Bonchev–Trinajstić information content (AvgIpc) is 2.16. The number of carbonyl (C=O) groups is 1. The van der Waals surface area contributed by atoms with Crippen LogP contribution in [0.15, 0.2) is 12.1 Å². The largest absolute Gasteiger partial charge is 0.497 e. The standard InChI is InChI=1S/C10H11F2NO2/c1-5(13)10(14)9-7(11)3-6(15-2)4-8(9)12/h3-5H,13H2,1-2H3. The Morgan fingerprint density at radius 1 is 1.40 bits per heavy atom. The summed E-state index contributed by atoms with van der Waals surface area (Å²) in [6, 6.07) is 0.944. The number of benzene rings is 1. The van der Waals surface area contributed by atoms with Crippen molar-refractivity contribution in [3.05, 3.63) is 29.3 Å². The lowest BCUT2D eigenvalue weighted by atomic mass is 10.0. The van der Waals surface area contributed by atoms with Crippen molar-refractivity contribution in [3.63, 3.8) is 0 Å². The number of rotatable bonds is 3. The van der Waals surface area contributed by atoms with E-state index in [1.807, 2.05) is 0 Å². The van der Waals surface area contributed by atoms with Gasteiger partial charge in [0.2, 0.25) is 0 Å². The van der Waals surface area contributed by atoms with Gasteiger partial charge in [-0.2, -0.15) is 0 Å². The molecule has 15 heavy (non-hydrogen) atoms. The highest BCUT2D eigenvalue weighted by molar-refractivity contribution is 6.00. The number of hydrogen-bond donors (Lipinski definition) is 1. The molecule has 5 heteroatoms. The third-order valence-electron chi connectivity index (χ3n) is 1.91. The van der Waals surface area contributed by atoms with Gasteiger partial charge in [0, 0.05) is 12.1 Å². The van der Waals surface area contributed by atoms with Crippen molar-refractivity contribution in [1.29, 1.82) is 0 Å². The summed E-state index contributed by atoms with van der Waals surface area (Å²) in [5.74, 6) is -2.68. The molecular weight excluding hydrogens is 204 g/mol. The second kappa shape index (κ2) is 4.35. The van der Waals surface area contributed by atoms with Crippen molar-refractivity contribution >= 4 is 5.78 Å². The zero-order valence-electron chi connectivity index (χ0n) is 8.38. The van der Waals surface area contributed by atoms with Gasteiger partial charge in [-0.25, -0.2) is 8.78 Å².